The Bertz CT molecular complexity index is 1390. The van der Waals surface area contributed by atoms with E-state index in [1.807, 2.05) is 18.3 Å². The maximum Gasteiger partial charge on any atom is 0.263 e. The van der Waals surface area contributed by atoms with Gasteiger partial charge in [0.1, 0.15) is 11.5 Å². The fourth-order valence-electron chi connectivity index (χ4n) is 5.36. The largest absolute Gasteiger partial charge is 0.368 e. The molecule has 5 rings (SSSR count). The number of carbonyl (C=O) groups is 1. The van der Waals surface area contributed by atoms with Crippen LogP contribution in [0.1, 0.15) is 42.1 Å². The molecule has 1 saturated heterocycles. The Kier molecular flexibility index (Phi) is 6.65. The maximum absolute atomic E-state index is 13.4. The zero-order valence-electron chi connectivity index (χ0n) is 20.6. The van der Waals surface area contributed by atoms with Crippen molar-refractivity contribution in [3.8, 4) is 6.07 Å². The van der Waals surface area contributed by atoms with Crippen LogP contribution in [0.3, 0.4) is 0 Å². The highest BCUT2D eigenvalue weighted by Crippen LogP contribution is 2.33. The van der Waals surface area contributed by atoms with Crippen LogP contribution < -0.4 is 21.1 Å². The number of piperazine rings is 1. The van der Waals surface area contributed by atoms with Gasteiger partial charge in [0.25, 0.3) is 5.56 Å². The van der Waals surface area contributed by atoms with Crippen LogP contribution >= 0.6 is 0 Å². The van der Waals surface area contributed by atoms with Crippen molar-refractivity contribution in [2.45, 2.75) is 39.7 Å². The molecule has 1 aliphatic carbocycles. The third-order valence-corrected chi connectivity index (χ3v) is 7.33. The molecule has 2 atom stereocenters. The molecule has 0 aromatic carbocycles. The van der Waals surface area contributed by atoms with Gasteiger partial charge in [0.2, 0.25) is 5.95 Å². The van der Waals surface area contributed by atoms with Crippen molar-refractivity contribution in [3.05, 3.63) is 46.0 Å². The van der Waals surface area contributed by atoms with Crippen LogP contribution in [0.2, 0.25) is 0 Å². The van der Waals surface area contributed by atoms with Gasteiger partial charge >= 0.3 is 0 Å². The predicted molar refractivity (Wildman–Crippen MR) is 138 cm³/mol. The Morgan fingerprint density at radius 1 is 1.22 bits per heavy atom. The second-order valence-corrected chi connectivity index (χ2v) is 9.59. The van der Waals surface area contributed by atoms with Gasteiger partial charge in [-0.15, -0.1) is 0 Å². The molecule has 1 saturated carbocycles. The van der Waals surface area contributed by atoms with E-state index in [0.29, 0.717) is 34.9 Å². The fourth-order valence-corrected chi connectivity index (χ4v) is 5.36. The zero-order chi connectivity index (χ0) is 25.2. The van der Waals surface area contributed by atoms with Gasteiger partial charge in [0, 0.05) is 44.3 Å². The highest BCUT2D eigenvalue weighted by atomic mass is 16.1. The van der Waals surface area contributed by atoms with Gasteiger partial charge in [-0.1, -0.05) is 6.42 Å². The number of fused-ring (bicyclic) bond motifs is 1. The van der Waals surface area contributed by atoms with Crippen molar-refractivity contribution in [1.82, 2.24) is 24.8 Å². The molecule has 10 nitrogen and oxygen atoms in total. The van der Waals surface area contributed by atoms with E-state index in [4.69, 9.17) is 0 Å². The van der Waals surface area contributed by atoms with Gasteiger partial charge in [0.15, 0.2) is 5.78 Å². The molecule has 2 N–H and O–H groups in total. The van der Waals surface area contributed by atoms with Crippen molar-refractivity contribution in [1.29, 1.82) is 5.26 Å². The summed E-state index contributed by atoms with van der Waals surface area (Å²) in [4.78, 5) is 41.7. The minimum absolute atomic E-state index is 0.0454. The summed E-state index contributed by atoms with van der Waals surface area (Å²) in [6.45, 7) is 7.29. The third-order valence-electron chi connectivity index (χ3n) is 7.33. The minimum atomic E-state index is -0.362. The first-order valence-corrected chi connectivity index (χ1v) is 12.5. The smallest absolute Gasteiger partial charge is 0.263 e. The number of carbonyl (C=O) groups excluding carboxylic acids is 1. The van der Waals surface area contributed by atoms with E-state index in [2.05, 4.69) is 36.6 Å². The molecule has 0 amide bonds. The topological polar surface area (TPSA) is 129 Å². The average molecular weight is 487 g/mol. The SMILES string of the molecule is CC(=O)c1c(C)c2cnc(Nc3ccc(N4CCNCC4)cn3)nc2n(C[C@@H]2CCC[C@@H]2C#N)c1=O. The van der Waals surface area contributed by atoms with Crippen LogP contribution in [0.4, 0.5) is 17.5 Å². The number of nitrogens with one attached hydrogen (secondary N) is 2. The van der Waals surface area contributed by atoms with Gasteiger partial charge in [0.05, 0.1) is 29.4 Å². The molecular weight excluding hydrogens is 456 g/mol. The van der Waals surface area contributed by atoms with Gasteiger partial charge in [-0.25, -0.2) is 9.97 Å². The second kappa shape index (κ2) is 10.0. The number of ketones is 1. The second-order valence-electron chi connectivity index (χ2n) is 9.59. The summed E-state index contributed by atoms with van der Waals surface area (Å²) in [6, 6.07) is 6.28. The van der Waals surface area contributed by atoms with Crippen molar-refractivity contribution < 1.29 is 4.79 Å². The number of nitriles is 1. The van der Waals surface area contributed by atoms with E-state index in [1.54, 1.807) is 17.7 Å². The quantitative estimate of drug-likeness (QED) is 0.505. The first-order valence-electron chi connectivity index (χ1n) is 12.5. The lowest BCUT2D eigenvalue weighted by Gasteiger charge is -2.29. The van der Waals surface area contributed by atoms with Crippen LogP contribution in [0.25, 0.3) is 11.0 Å². The lowest BCUT2D eigenvalue weighted by molar-refractivity contribution is 0.101. The number of nitrogens with zero attached hydrogens (tertiary/aromatic N) is 6. The molecule has 186 valence electrons. The summed E-state index contributed by atoms with van der Waals surface area (Å²) < 4.78 is 1.56. The summed E-state index contributed by atoms with van der Waals surface area (Å²) >= 11 is 0. The summed E-state index contributed by atoms with van der Waals surface area (Å²) in [5, 5.41) is 16.7. The number of aromatic nitrogens is 4. The Labute approximate surface area is 209 Å². The molecule has 3 aromatic heterocycles. The highest BCUT2D eigenvalue weighted by Gasteiger charge is 2.29. The van der Waals surface area contributed by atoms with E-state index >= 15 is 0 Å². The standard InChI is InChI=1S/C26H30N8O2/c1-16-21-14-30-26(31-22-7-6-20(13-29-22)33-10-8-28-9-11-33)32-24(21)34(25(36)23(16)17(2)35)15-19-5-3-4-18(19)12-27/h6-7,13-14,18-19,28H,3-5,8-11,15H2,1-2H3,(H,29,30,31,32)/t18-,19+/m1/s1. The molecule has 4 heterocycles. The summed E-state index contributed by atoms with van der Waals surface area (Å²) in [5.74, 6) is 0.569. The summed E-state index contributed by atoms with van der Waals surface area (Å²) in [6.07, 6.45) is 6.13. The Morgan fingerprint density at radius 3 is 2.72 bits per heavy atom. The molecule has 2 aliphatic rings. The van der Waals surface area contributed by atoms with Gasteiger partial charge in [-0.05, 0) is 50.3 Å². The molecule has 1 aliphatic heterocycles. The molecular formula is C26H30N8O2. The van der Waals surface area contributed by atoms with Crippen LogP contribution in [-0.4, -0.2) is 51.5 Å². The predicted octanol–water partition coefficient (Wildman–Crippen LogP) is 2.79. The van der Waals surface area contributed by atoms with Crippen LogP contribution in [0.15, 0.2) is 29.3 Å². The molecule has 2 fully saturated rings. The van der Waals surface area contributed by atoms with Crippen molar-refractivity contribution in [2.75, 3.05) is 36.4 Å². The van der Waals surface area contributed by atoms with Crippen molar-refractivity contribution in [2.24, 2.45) is 11.8 Å². The molecule has 0 radical (unpaired) electrons. The maximum atomic E-state index is 13.4. The Morgan fingerprint density at radius 2 is 2.03 bits per heavy atom. The lowest BCUT2D eigenvalue weighted by atomic mass is 9.97. The monoisotopic (exact) mass is 486 g/mol. The van der Waals surface area contributed by atoms with Crippen LogP contribution in [-0.2, 0) is 6.54 Å². The number of hydrogen-bond donors (Lipinski definition) is 2. The van der Waals surface area contributed by atoms with Crippen molar-refractivity contribution in [3.63, 3.8) is 0 Å². The molecule has 36 heavy (non-hydrogen) atoms. The van der Waals surface area contributed by atoms with Gasteiger partial charge in [-0.3, -0.25) is 14.2 Å². The molecule has 3 aromatic rings. The molecule has 0 unspecified atom stereocenters. The first kappa shape index (κ1) is 23.9. The van der Waals surface area contributed by atoms with E-state index in [-0.39, 0.29) is 28.7 Å². The Hall–Kier alpha value is -3.84. The van der Waals surface area contributed by atoms with E-state index in [0.717, 1.165) is 51.1 Å². The first-order chi connectivity index (χ1) is 17.5. The number of rotatable bonds is 6. The average Bonchev–Trinajstić information content (AvgIpc) is 3.34. The highest BCUT2D eigenvalue weighted by molar-refractivity contribution is 5.99. The Balaban J connectivity index is 1.50. The molecule has 10 heteroatoms. The van der Waals surface area contributed by atoms with Gasteiger partial charge in [-0.2, -0.15) is 10.2 Å². The number of pyridine rings is 2. The fraction of sp³-hybridized carbons (Fsp3) is 0.462. The van der Waals surface area contributed by atoms with E-state index < -0.39 is 0 Å². The number of anilines is 3. The third kappa shape index (κ3) is 4.54. The summed E-state index contributed by atoms with van der Waals surface area (Å²) in [5.41, 5.74) is 1.89. The number of hydrogen-bond acceptors (Lipinski definition) is 9. The lowest BCUT2D eigenvalue weighted by Crippen LogP contribution is -2.43. The van der Waals surface area contributed by atoms with Crippen LogP contribution in [0.5, 0.6) is 0 Å². The van der Waals surface area contributed by atoms with Gasteiger partial charge < -0.3 is 15.5 Å². The van der Waals surface area contributed by atoms with E-state index in [1.165, 1.54) is 6.92 Å². The minimum Gasteiger partial charge on any atom is -0.368 e. The molecule has 0 bridgehead atoms. The molecule has 0 spiro atoms. The number of Topliss-reactive ketones (excluding diaryl/α,β-unsaturated/α-hetero) is 1. The van der Waals surface area contributed by atoms with Crippen LogP contribution in [0, 0.1) is 30.1 Å². The van der Waals surface area contributed by atoms with E-state index in [9.17, 15) is 14.9 Å². The number of aryl methyl sites for hydroxylation is 1. The van der Waals surface area contributed by atoms with Crippen molar-refractivity contribution >= 4 is 34.3 Å². The zero-order valence-corrected chi connectivity index (χ0v) is 20.6. The normalized spacial score (nSPS) is 19.9. The summed E-state index contributed by atoms with van der Waals surface area (Å²) in [7, 11) is 0.